The zero-order valence-electron chi connectivity index (χ0n) is 9.03. The summed E-state index contributed by atoms with van der Waals surface area (Å²) in [5.74, 6) is -0.150. The Balaban J connectivity index is 2.57. The molecule has 3 N–H and O–H groups in total. The topological polar surface area (TPSA) is 64.3 Å². The van der Waals surface area contributed by atoms with E-state index in [0.29, 0.717) is 11.5 Å². The van der Waals surface area contributed by atoms with E-state index in [1.54, 1.807) is 0 Å². The molecule has 0 fully saturated rings. The van der Waals surface area contributed by atoms with E-state index in [9.17, 15) is 4.79 Å². The first-order valence-corrected chi connectivity index (χ1v) is 5.18. The molecule has 0 spiro atoms. The van der Waals surface area contributed by atoms with E-state index in [2.05, 4.69) is 5.32 Å². The Bertz CT molecular complexity index is 393. The molecule has 86 valence electrons. The normalized spacial score (nSPS) is 9.81. The Labute approximate surface area is 99.8 Å². The summed E-state index contributed by atoms with van der Waals surface area (Å²) in [5.41, 5.74) is 7.26. The molecule has 1 aromatic carbocycles. The molecular weight excluding hydrogens is 224 g/mol. The zero-order chi connectivity index (χ0) is 12.0. The van der Waals surface area contributed by atoms with Gasteiger partial charge in [-0.05, 0) is 11.6 Å². The molecule has 5 heteroatoms. The van der Waals surface area contributed by atoms with Gasteiger partial charge in [0.15, 0.2) is 0 Å². The number of hydrogen-bond donors (Lipinski definition) is 2. The summed E-state index contributed by atoms with van der Waals surface area (Å²) in [5, 5.41) is 2.72. The highest BCUT2D eigenvalue weighted by Crippen LogP contribution is 2.04. The molecule has 0 aliphatic carbocycles. The van der Waals surface area contributed by atoms with E-state index in [1.807, 2.05) is 24.3 Å². The van der Waals surface area contributed by atoms with Crippen molar-refractivity contribution in [2.45, 2.75) is 6.54 Å². The predicted octanol–water partition coefficient (Wildman–Crippen LogP) is 0.583. The zero-order valence-corrected chi connectivity index (χ0v) is 9.84. The minimum Gasteiger partial charge on any atom is -0.389 e. The van der Waals surface area contributed by atoms with Crippen LogP contribution in [0.5, 0.6) is 0 Å². The molecule has 1 rings (SSSR count). The van der Waals surface area contributed by atoms with Crippen molar-refractivity contribution in [1.82, 2.24) is 5.32 Å². The number of nitrogens with two attached hydrogens (primary N) is 1. The van der Waals surface area contributed by atoms with Crippen molar-refractivity contribution >= 4 is 23.1 Å². The summed E-state index contributed by atoms with van der Waals surface area (Å²) in [6, 6.07) is 7.44. The molecule has 0 atom stereocenters. The van der Waals surface area contributed by atoms with Crippen LogP contribution < -0.4 is 11.1 Å². The number of nitrogens with one attached hydrogen (secondary N) is 1. The molecular formula is C11H14N2O2S. The van der Waals surface area contributed by atoms with Crippen molar-refractivity contribution < 1.29 is 9.53 Å². The van der Waals surface area contributed by atoms with Crippen LogP contribution in [0, 0.1) is 0 Å². The monoisotopic (exact) mass is 238 g/mol. The number of carbonyl (C=O) groups is 1. The smallest absolute Gasteiger partial charge is 0.246 e. The Morgan fingerprint density at radius 3 is 2.94 bits per heavy atom. The van der Waals surface area contributed by atoms with E-state index in [4.69, 9.17) is 22.7 Å². The third-order valence-electron chi connectivity index (χ3n) is 1.98. The van der Waals surface area contributed by atoms with E-state index in [0.717, 1.165) is 11.1 Å². The summed E-state index contributed by atoms with van der Waals surface area (Å²) in [6.45, 7) is 0.508. The summed E-state index contributed by atoms with van der Waals surface area (Å²) < 4.78 is 4.70. The molecule has 1 amide bonds. The van der Waals surface area contributed by atoms with E-state index >= 15 is 0 Å². The molecule has 0 aromatic heterocycles. The molecule has 4 nitrogen and oxygen atoms in total. The Morgan fingerprint density at radius 1 is 1.56 bits per heavy atom. The van der Waals surface area contributed by atoms with Crippen molar-refractivity contribution in [2.75, 3.05) is 13.7 Å². The SMILES string of the molecule is COCC(=O)NCc1cccc(C(N)=S)c1. The summed E-state index contributed by atoms with van der Waals surface area (Å²) in [4.78, 5) is 11.5. The van der Waals surface area contributed by atoms with Crippen molar-refractivity contribution in [3.8, 4) is 0 Å². The van der Waals surface area contributed by atoms with Crippen LogP contribution in [0.3, 0.4) is 0 Å². The molecule has 0 radical (unpaired) electrons. The standard InChI is InChI=1S/C11H14N2O2S/c1-15-7-10(14)13-6-8-3-2-4-9(5-8)11(12)16/h2-5H,6-7H2,1H3,(H2,12,16)(H,13,14). The summed E-state index contributed by atoms with van der Waals surface area (Å²) in [7, 11) is 1.48. The highest BCUT2D eigenvalue weighted by molar-refractivity contribution is 7.80. The number of ether oxygens (including phenoxy) is 1. The third-order valence-corrected chi connectivity index (χ3v) is 2.21. The minimum atomic E-state index is -0.150. The largest absolute Gasteiger partial charge is 0.389 e. The second-order valence-electron chi connectivity index (χ2n) is 3.27. The van der Waals surface area contributed by atoms with Gasteiger partial charge in [0, 0.05) is 19.2 Å². The second-order valence-corrected chi connectivity index (χ2v) is 3.71. The first kappa shape index (κ1) is 12.6. The van der Waals surface area contributed by atoms with Gasteiger partial charge >= 0.3 is 0 Å². The van der Waals surface area contributed by atoms with Gasteiger partial charge in [-0.1, -0.05) is 30.4 Å². The van der Waals surface area contributed by atoms with E-state index in [-0.39, 0.29) is 12.5 Å². The number of rotatable bonds is 5. The molecule has 16 heavy (non-hydrogen) atoms. The maximum atomic E-state index is 11.1. The minimum absolute atomic E-state index is 0.0645. The lowest BCUT2D eigenvalue weighted by Crippen LogP contribution is -2.26. The number of amides is 1. The van der Waals surface area contributed by atoms with Crippen LogP contribution in [0.2, 0.25) is 0 Å². The van der Waals surface area contributed by atoms with Gasteiger partial charge < -0.3 is 15.8 Å². The van der Waals surface area contributed by atoms with Crippen LogP contribution in [0.1, 0.15) is 11.1 Å². The Morgan fingerprint density at radius 2 is 2.31 bits per heavy atom. The van der Waals surface area contributed by atoms with Gasteiger partial charge in [-0.2, -0.15) is 0 Å². The Hall–Kier alpha value is -1.46. The molecule has 0 bridgehead atoms. The number of hydrogen-bond acceptors (Lipinski definition) is 3. The number of carbonyl (C=O) groups excluding carboxylic acids is 1. The average Bonchev–Trinajstić information content (AvgIpc) is 2.27. The molecule has 0 unspecified atom stereocenters. The van der Waals surface area contributed by atoms with Crippen LogP contribution in [0.15, 0.2) is 24.3 Å². The maximum absolute atomic E-state index is 11.1. The van der Waals surface area contributed by atoms with E-state index in [1.165, 1.54) is 7.11 Å². The number of methoxy groups -OCH3 is 1. The first-order chi connectivity index (χ1) is 7.63. The van der Waals surface area contributed by atoms with Gasteiger partial charge in [0.1, 0.15) is 11.6 Å². The molecule has 1 aromatic rings. The van der Waals surface area contributed by atoms with Gasteiger partial charge in [-0.25, -0.2) is 0 Å². The average molecular weight is 238 g/mol. The lowest BCUT2D eigenvalue weighted by atomic mass is 10.1. The Kier molecular flexibility index (Phi) is 4.88. The van der Waals surface area contributed by atoms with Crippen molar-refractivity contribution in [3.05, 3.63) is 35.4 Å². The lowest BCUT2D eigenvalue weighted by Gasteiger charge is -2.06. The fourth-order valence-electron chi connectivity index (χ4n) is 1.22. The van der Waals surface area contributed by atoms with Crippen LogP contribution in [-0.2, 0) is 16.1 Å². The van der Waals surface area contributed by atoms with Gasteiger partial charge in [0.25, 0.3) is 0 Å². The van der Waals surface area contributed by atoms with Gasteiger partial charge in [-0.15, -0.1) is 0 Å². The van der Waals surface area contributed by atoms with Crippen molar-refractivity contribution in [1.29, 1.82) is 0 Å². The van der Waals surface area contributed by atoms with Crippen LogP contribution >= 0.6 is 12.2 Å². The maximum Gasteiger partial charge on any atom is 0.246 e. The molecule has 0 aliphatic rings. The number of thiocarbonyl (C=S) groups is 1. The highest BCUT2D eigenvalue weighted by Gasteiger charge is 2.01. The second kappa shape index (κ2) is 6.19. The highest BCUT2D eigenvalue weighted by atomic mass is 32.1. The van der Waals surface area contributed by atoms with Gasteiger partial charge in [0.2, 0.25) is 5.91 Å². The predicted molar refractivity (Wildman–Crippen MR) is 66.1 cm³/mol. The molecule has 0 heterocycles. The third kappa shape index (κ3) is 3.96. The molecule has 0 saturated heterocycles. The quantitative estimate of drug-likeness (QED) is 0.737. The fourth-order valence-corrected chi connectivity index (χ4v) is 1.34. The fraction of sp³-hybridized carbons (Fsp3) is 0.273. The van der Waals surface area contributed by atoms with Crippen molar-refractivity contribution in [3.63, 3.8) is 0 Å². The van der Waals surface area contributed by atoms with E-state index < -0.39 is 0 Å². The number of benzene rings is 1. The molecule has 0 aliphatic heterocycles. The van der Waals surface area contributed by atoms with Crippen LogP contribution in [0.4, 0.5) is 0 Å². The summed E-state index contributed by atoms with van der Waals surface area (Å²) >= 11 is 4.87. The van der Waals surface area contributed by atoms with Crippen LogP contribution in [0.25, 0.3) is 0 Å². The summed E-state index contributed by atoms with van der Waals surface area (Å²) in [6.07, 6.45) is 0. The lowest BCUT2D eigenvalue weighted by molar-refractivity contribution is -0.124. The van der Waals surface area contributed by atoms with Gasteiger partial charge in [-0.3, -0.25) is 4.79 Å². The first-order valence-electron chi connectivity index (χ1n) is 4.78. The van der Waals surface area contributed by atoms with Crippen molar-refractivity contribution in [2.24, 2.45) is 5.73 Å². The van der Waals surface area contributed by atoms with Crippen LogP contribution in [-0.4, -0.2) is 24.6 Å². The van der Waals surface area contributed by atoms with Gasteiger partial charge in [0.05, 0.1) is 0 Å². The molecule has 0 saturated carbocycles.